The standard InChI is InChI=1S/C16H17Cl2NO/c1-11(20)4-5-15-9-16(15,6-7-19-10-15)12-2-3-13(17)14(18)8-12/h2-5,8,19H,6-7,9-10H2,1H3/b5-4+/t15-,16-/m1/s1. The van der Waals surface area contributed by atoms with Crippen LogP contribution in [0.4, 0.5) is 0 Å². The highest BCUT2D eigenvalue weighted by atomic mass is 35.5. The first kappa shape index (κ1) is 14.1. The van der Waals surface area contributed by atoms with E-state index in [0.717, 1.165) is 25.9 Å². The molecule has 0 radical (unpaired) electrons. The number of hydrogen-bond acceptors (Lipinski definition) is 2. The maximum atomic E-state index is 11.2. The van der Waals surface area contributed by atoms with Gasteiger partial charge in [-0.25, -0.2) is 0 Å². The largest absolute Gasteiger partial charge is 0.316 e. The van der Waals surface area contributed by atoms with Crippen molar-refractivity contribution < 1.29 is 4.79 Å². The van der Waals surface area contributed by atoms with Gasteiger partial charge in [0.05, 0.1) is 10.0 Å². The lowest BCUT2D eigenvalue weighted by atomic mass is 9.80. The molecule has 1 saturated carbocycles. The molecule has 1 heterocycles. The second-order valence-electron chi connectivity index (χ2n) is 5.91. The molecule has 0 bridgehead atoms. The summed E-state index contributed by atoms with van der Waals surface area (Å²) in [5.74, 6) is 0.0971. The van der Waals surface area contributed by atoms with Crippen LogP contribution >= 0.6 is 23.2 Å². The number of carbonyl (C=O) groups is 1. The number of halogens is 2. The summed E-state index contributed by atoms with van der Waals surface area (Å²) in [5, 5.41) is 4.63. The predicted octanol–water partition coefficient (Wildman–Crippen LogP) is 3.76. The number of benzene rings is 1. The Morgan fingerprint density at radius 2 is 2.15 bits per heavy atom. The number of fused-ring (bicyclic) bond motifs is 1. The minimum absolute atomic E-state index is 0.0497. The van der Waals surface area contributed by atoms with Crippen LogP contribution < -0.4 is 5.32 Å². The molecule has 1 aromatic carbocycles. The molecule has 2 atom stereocenters. The van der Waals surface area contributed by atoms with E-state index in [1.165, 1.54) is 5.56 Å². The summed E-state index contributed by atoms with van der Waals surface area (Å²) in [5.41, 5.74) is 1.40. The number of carbonyl (C=O) groups excluding carboxylic acids is 1. The van der Waals surface area contributed by atoms with Gasteiger partial charge in [0.15, 0.2) is 5.78 Å². The number of allylic oxidation sites excluding steroid dienone is 1. The third-order valence-corrected chi connectivity index (χ3v) is 5.46. The van der Waals surface area contributed by atoms with E-state index in [9.17, 15) is 4.79 Å². The minimum atomic E-state index is 0.0497. The van der Waals surface area contributed by atoms with E-state index in [2.05, 4.69) is 17.5 Å². The molecule has 2 nitrogen and oxygen atoms in total. The fourth-order valence-corrected chi connectivity index (χ4v) is 3.86. The minimum Gasteiger partial charge on any atom is -0.316 e. The molecule has 0 amide bonds. The molecule has 0 unspecified atom stereocenters. The predicted molar refractivity (Wildman–Crippen MR) is 82.5 cm³/mol. The fraction of sp³-hybridized carbons (Fsp3) is 0.438. The quantitative estimate of drug-likeness (QED) is 0.861. The summed E-state index contributed by atoms with van der Waals surface area (Å²) in [7, 11) is 0. The summed E-state index contributed by atoms with van der Waals surface area (Å²) in [6.45, 7) is 3.50. The Morgan fingerprint density at radius 3 is 2.85 bits per heavy atom. The van der Waals surface area contributed by atoms with Gasteiger partial charge >= 0.3 is 0 Å². The molecule has 1 N–H and O–H groups in total. The van der Waals surface area contributed by atoms with Gasteiger partial charge in [0.2, 0.25) is 0 Å². The van der Waals surface area contributed by atoms with Gasteiger partial charge in [-0.1, -0.05) is 35.3 Å². The van der Waals surface area contributed by atoms with Gasteiger partial charge in [-0.15, -0.1) is 0 Å². The molecule has 0 aromatic heterocycles. The third-order valence-electron chi connectivity index (χ3n) is 4.72. The van der Waals surface area contributed by atoms with E-state index in [-0.39, 0.29) is 16.6 Å². The lowest BCUT2D eigenvalue weighted by Gasteiger charge is -2.30. The zero-order chi connectivity index (χ0) is 14.4. The van der Waals surface area contributed by atoms with Gasteiger partial charge in [-0.3, -0.25) is 4.79 Å². The molecular weight excluding hydrogens is 293 g/mol. The van der Waals surface area contributed by atoms with Crippen LogP contribution in [0.25, 0.3) is 0 Å². The molecule has 20 heavy (non-hydrogen) atoms. The van der Waals surface area contributed by atoms with E-state index in [4.69, 9.17) is 23.2 Å². The number of hydrogen-bond donors (Lipinski definition) is 1. The normalized spacial score (nSPS) is 32.1. The van der Waals surface area contributed by atoms with E-state index < -0.39 is 0 Å². The summed E-state index contributed by atoms with van der Waals surface area (Å²) in [4.78, 5) is 11.2. The van der Waals surface area contributed by atoms with Crippen molar-refractivity contribution in [1.29, 1.82) is 0 Å². The summed E-state index contributed by atoms with van der Waals surface area (Å²) in [6.07, 6.45) is 5.91. The molecular formula is C16H17Cl2NO. The van der Waals surface area contributed by atoms with Crippen LogP contribution in [0.1, 0.15) is 25.3 Å². The van der Waals surface area contributed by atoms with Crippen molar-refractivity contribution in [3.8, 4) is 0 Å². The average molecular weight is 310 g/mol. The highest BCUT2D eigenvalue weighted by Gasteiger charge is 2.67. The van der Waals surface area contributed by atoms with Crippen LogP contribution in [-0.2, 0) is 10.2 Å². The van der Waals surface area contributed by atoms with Crippen molar-refractivity contribution in [2.45, 2.75) is 25.2 Å². The number of ketones is 1. The Morgan fingerprint density at radius 1 is 1.35 bits per heavy atom. The monoisotopic (exact) mass is 309 g/mol. The van der Waals surface area contributed by atoms with Gasteiger partial charge in [0, 0.05) is 17.4 Å². The highest BCUT2D eigenvalue weighted by molar-refractivity contribution is 6.42. The maximum absolute atomic E-state index is 11.2. The maximum Gasteiger partial charge on any atom is 0.152 e. The summed E-state index contributed by atoms with van der Waals surface area (Å²) >= 11 is 12.2. The fourth-order valence-electron chi connectivity index (χ4n) is 3.56. The number of rotatable bonds is 3. The van der Waals surface area contributed by atoms with Crippen LogP contribution in [0, 0.1) is 5.41 Å². The molecule has 1 aliphatic heterocycles. The van der Waals surface area contributed by atoms with E-state index >= 15 is 0 Å². The van der Waals surface area contributed by atoms with Crippen molar-refractivity contribution in [2.24, 2.45) is 5.41 Å². The Hall–Kier alpha value is -0.830. The van der Waals surface area contributed by atoms with Crippen LogP contribution in [-0.4, -0.2) is 18.9 Å². The molecule has 3 rings (SSSR count). The molecule has 0 spiro atoms. The van der Waals surface area contributed by atoms with Crippen molar-refractivity contribution in [2.75, 3.05) is 13.1 Å². The van der Waals surface area contributed by atoms with E-state index in [1.807, 2.05) is 12.1 Å². The number of piperidine rings is 1. The molecule has 1 aromatic rings. The van der Waals surface area contributed by atoms with E-state index in [1.54, 1.807) is 13.0 Å². The Balaban J connectivity index is 1.98. The summed E-state index contributed by atoms with van der Waals surface area (Å²) in [6, 6.07) is 5.93. The molecule has 4 heteroatoms. The van der Waals surface area contributed by atoms with E-state index in [0.29, 0.717) is 10.0 Å². The van der Waals surface area contributed by atoms with Gasteiger partial charge in [0.25, 0.3) is 0 Å². The van der Waals surface area contributed by atoms with Crippen LogP contribution in [0.3, 0.4) is 0 Å². The Labute approximate surface area is 129 Å². The van der Waals surface area contributed by atoms with Crippen LogP contribution in [0.15, 0.2) is 30.4 Å². The Kier molecular flexibility index (Phi) is 3.44. The smallest absolute Gasteiger partial charge is 0.152 e. The van der Waals surface area contributed by atoms with Gasteiger partial charge in [-0.2, -0.15) is 0 Å². The third kappa shape index (κ3) is 2.11. The molecule has 2 fully saturated rings. The first-order valence-corrected chi connectivity index (χ1v) is 7.61. The molecule has 2 aliphatic rings. The first-order valence-electron chi connectivity index (χ1n) is 6.85. The van der Waals surface area contributed by atoms with Gasteiger partial charge in [-0.05, 0) is 50.1 Å². The lowest BCUT2D eigenvalue weighted by molar-refractivity contribution is -0.112. The van der Waals surface area contributed by atoms with Crippen molar-refractivity contribution in [1.82, 2.24) is 5.32 Å². The zero-order valence-electron chi connectivity index (χ0n) is 11.4. The van der Waals surface area contributed by atoms with Crippen LogP contribution in [0.5, 0.6) is 0 Å². The second-order valence-corrected chi connectivity index (χ2v) is 6.73. The number of nitrogens with one attached hydrogen (secondary N) is 1. The van der Waals surface area contributed by atoms with Gasteiger partial charge < -0.3 is 5.32 Å². The second kappa shape index (κ2) is 4.87. The molecule has 1 saturated heterocycles. The van der Waals surface area contributed by atoms with Crippen molar-refractivity contribution in [3.05, 3.63) is 46.0 Å². The summed E-state index contributed by atoms with van der Waals surface area (Å²) < 4.78 is 0. The van der Waals surface area contributed by atoms with Crippen molar-refractivity contribution in [3.63, 3.8) is 0 Å². The molecule has 1 aliphatic carbocycles. The van der Waals surface area contributed by atoms with Crippen molar-refractivity contribution >= 4 is 29.0 Å². The SMILES string of the molecule is CC(=O)/C=C/[C@@]12CNCC[C@]1(c1ccc(Cl)c(Cl)c1)C2. The van der Waals surface area contributed by atoms with Crippen LogP contribution in [0.2, 0.25) is 10.0 Å². The topological polar surface area (TPSA) is 29.1 Å². The Bertz CT molecular complexity index is 598. The average Bonchev–Trinajstić information content (AvgIpc) is 3.10. The highest BCUT2D eigenvalue weighted by Crippen LogP contribution is 2.68. The van der Waals surface area contributed by atoms with Gasteiger partial charge in [0.1, 0.15) is 0 Å². The molecule has 106 valence electrons. The zero-order valence-corrected chi connectivity index (χ0v) is 12.9. The first-order chi connectivity index (χ1) is 9.49. The lowest BCUT2D eigenvalue weighted by Crippen LogP contribution is -2.37.